The maximum absolute atomic E-state index is 9.48. The second-order valence-corrected chi connectivity index (χ2v) is 6.47. The number of nitrogens with two attached hydrogens (primary N) is 1. The molecular weight excluding hydrogens is 258 g/mol. The normalized spacial score (nSPS) is 19.1. The van der Waals surface area contributed by atoms with Crippen molar-refractivity contribution in [2.24, 2.45) is 11.7 Å². The van der Waals surface area contributed by atoms with Crippen LogP contribution < -0.4 is 5.73 Å². The lowest BCUT2D eigenvalue weighted by atomic mass is 9.87. The van der Waals surface area contributed by atoms with E-state index in [9.17, 15) is 5.26 Å². The largest absolute Gasteiger partial charge is 0.310 e. The lowest BCUT2D eigenvalue weighted by molar-refractivity contribution is 0.222. The number of hydrogen-bond donors (Lipinski definition) is 1. The summed E-state index contributed by atoms with van der Waals surface area (Å²) >= 11 is 0. The molecule has 0 spiro atoms. The average Bonchev–Trinajstić information content (AvgIpc) is 2.54. The standard InChI is InChI=1S/C18H27N3/c1-21(14-16-8-4-2-5-9-16)13-12-18(20,15-19)17-10-6-3-7-11-17/h3,6-7,10-11,16H,2,4-5,8-9,12-14,20H2,1H3. The number of nitrogens with zero attached hydrogens (tertiary/aromatic N) is 2. The fraction of sp³-hybridized carbons (Fsp3) is 0.611. The Hall–Kier alpha value is -1.37. The van der Waals surface area contributed by atoms with Crippen LogP contribution in [0, 0.1) is 17.2 Å². The van der Waals surface area contributed by atoms with Crippen LogP contribution >= 0.6 is 0 Å². The highest BCUT2D eigenvalue weighted by Crippen LogP contribution is 2.25. The van der Waals surface area contributed by atoms with Crippen molar-refractivity contribution < 1.29 is 0 Å². The Morgan fingerprint density at radius 2 is 1.90 bits per heavy atom. The molecule has 0 heterocycles. The van der Waals surface area contributed by atoms with Crippen LogP contribution in [-0.4, -0.2) is 25.0 Å². The minimum Gasteiger partial charge on any atom is -0.310 e. The van der Waals surface area contributed by atoms with Gasteiger partial charge in [0.25, 0.3) is 0 Å². The van der Waals surface area contributed by atoms with Gasteiger partial charge in [0.15, 0.2) is 0 Å². The van der Waals surface area contributed by atoms with Gasteiger partial charge in [0.05, 0.1) is 6.07 Å². The molecule has 0 aromatic heterocycles. The lowest BCUT2D eigenvalue weighted by Crippen LogP contribution is -2.39. The minimum absolute atomic E-state index is 0.677. The molecule has 1 atom stereocenters. The average molecular weight is 285 g/mol. The smallest absolute Gasteiger partial charge is 0.131 e. The van der Waals surface area contributed by atoms with Crippen LogP contribution in [0.2, 0.25) is 0 Å². The summed E-state index contributed by atoms with van der Waals surface area (Å²) in [6.07, 6.45) is 7.54. The zero-order valence-corrected chi connectivity index (χ0v) is 13.1. The van der Waals surface area contributed by atoms with Crippen molar-refractivity contribution in [3.05, 3.63) is 35.9 Å². The molecular formula is C18H27N3. The minimum atomic E-state index is -0.873. The Bertz CT molecular complexity index is 459. The topological polar surface area (TPSA) is 53.0 Å². The van der Waals surface area contributed by atoms with Crippen LogP contribution in [0.3, 0.4) is 0 Å². The monoisotopic (exact) mass is 285 g/mol. The summed E-state index contributed by atoms with van der Waals surface area (Å²) in [4.78, 5) is 2.35. The van der Waals surface area contributed by atoms with E-state index in [0.717, 1.165) is 24.6 Å². The van der Waals surface area contributed by atoms with Crippen LogP contribution in [-0.2, 0) is 5.54 Å². The first-order valence-electron chi connectivity index (χ1n) is 8.08. The molecule has 0 amide bonds. The number of benzene rings is 1. The van der Waals surface area contributed by atoms with Gasteiger partial charge in [-0.2, -0.15) is 5.26 Å². The summed E-state index contributed by atoms with van der Waals surface area (Å²) in [5, 5.41) is 9.48. The molecule has 1 fully saturated rings. The van der Waals surface area contributed by atoms with Crippen molar-refractivity contribution in [3.8, 4) is 6.07 Å². The molecule has 1 aromatic carbocycles. The Kier molecular flexibility index (Phi) is 5.78. The van der Waals surface area contributed by atoms with Crippen LogP contribution in [0.5, 0.6) is 0 Å². The first kappa shape index (κ1) is 16.0. The van der Waals surface area contributed by atoms with Crippen molar-refractivity contribution in [2.75, 3.05) is 20.1 Å². The zero-order chi connectivity index (χ0) is 15.1. The fourth-order valence-corrected chi connectivity index (χ4v) is 3.27. The van der Waals surface area contributed by atoms with E-state index in [-0.39, 0.29) is 0 Å². The predicted octanol–water partition coefficient (Wildman–Crippen LogP) is 3.27. The first-order valence-corrected chi connectivity index (χ1v) is 8.08. The molecule has 1 aliphatic carbocycles. The maximum Gasteiger partial charge on any atom is 0.131 e. The second-order valence-electron chi connectivity index (χ2n) is 6.47. The van der Waals surface area contributed by atoms with Gasteiger partial charge in [-0.25, -0.2) is 0 Å². The van der Waals surface area contributed by atoms with Gasteiger partial charge < -0.3 is 10.6 Å². The highest BCUT2D eigenvalue weighted by Gasteiger charge is 2.27. The molecule has 0 radical (unpaired) electrons. The molecule has 1 unspecified atom stereocenters. The van der Waals surface area contributed by atoms with E-state index in [4.69, 9.17) is 5.73 Å². The Morgan fingerprint density at radius 1 is 1.24 bits per heavy atom. The summed E-state index contributed by atoms with van der Waals surface area (Å²) < 4.78 is 0. The summed E-state index contributed by atoms with van der Waals surface area (Å²) in [6, 6.07) is 12.0. The van der Waals surface area contributed by atoms with Gasteiger partial charge in [0.2, 0.25) is 0 Å². The molecule has 3 nitrogen and oxygen atoms in total. The fourth-order valence-electron chi connectivity index (χ4n) is 3.27. The van der Waals surface area contributed by atoms with Crippen molar-refractivity contribution in [2.45, 2.75) is 44.1 Å². The van der Waals surface area contributed by atoms with Gasteiger partial charge in [0, 0.05) is 13.1 Å². The third-order valence-corrected chi connectivity index (χ3v) is 4.67. The van der Waals surface area contributed by atoms with Crippen molar-refractivity contribution >= 4 is 0 Å². The molecule has 0 aliphatic heterocycles. The molecule has 1 aliphatic rings. The highest BCUT2D eigenvalue weighted by molar-refractivity contribution is 5.30. The number of nitriles is 1. The first-order chi connectivity index (χ1) is 10.1. The molecule has 3 heteroatoms. The number of rotatable bonds is 6. The van der Waals surface area contributed by atoms with Gasteiger partial charge in [-0.15, -0.1) is 0 Å². The molecule has 2 N–H and O–H groups in total. The van der Waals surface area contributed by atoms with E-state index >= 15 is 0 Å². The second kappa shape index (κ2) is 7.59. The van der Waals surface area contributed by atoms with Crippen LogP contribution in [0.25, 0.3) is 0 Å². The number of hydrogen-bond acceptors (Lipinski definition) is 3. The van der Waals surface area contributed by atoms with Crippen molar-refractivity contribution in [3.63, 3.8) is 0 Å². The summed E-state index contributed by atoms with van der Waals surface area (Å²) in [6.45, 7) is 2.01. The molecule has 0 bridgehead atoms. The molecule has 1 aromatic rings. The molecule has 0 saturated heterocycles. The van der Waals surface area contributed by atoms with E-state index in [0.29, 0.717) is 6.42 Å². The van der Waals surface area contributed by atoms with Gasteiger partial charge in [0.1, 0.15) is 5.54 Å². The van der Waals surface area contributed by atoms with Crippen LogP contribution in [0.15, 0.2) is 30.3 Å². The van der Waals surface area contributed by atoms with E-state index in [1.807, 2.05) is 30.3 Å². The third-order valence-electron chi connectivity index (χ3n) is 4.67. The Labute approximate surface area is 128 Å². The Morgan fingerprint density at radius 3 is 2.52 bits per heavy atom. The third kappa shape index (κ3) is 4.56. The van der Waals surface area contributed by atoms with Gasteiger partial charge in [-0.3, -0.25) is 0 Å². The van der Waals surface area contributed by atoms with E-state index < -0.39 is 5.54 Å². The molecule has 21 heavy (non-hydrogen) atoms. The van der Waals surface area contributed by atoms with E-state index in [1.165, 1.54) is 32.1 Å². The zero-order valence-electron chi connectivity index (χ0n) is 13.1. The van der Waals surface area contributed by atoms with Crippen LogP contribution in [0.4, 0.5) is 0 Å². The molecule has 2 rings (SSSR count). The Balaban J connectivity index is 1.86. The van der Waals surface area contributed by atoms with Crippen molar-refractivity contribution in [1.82, 2.24) is 4.90 Å². The van der Waals surface area contributed by atoms with E-state index in [2.05, 4.69) is 18.0 Å². The van der Waals surface area contributed by atoms with Crippen molar-refractivity contribution in [1.29, 1.82) is 5.26 Å². The highest BCUT2D eigenvalue weighted by atomic mass is 15.1. The van der Waals surface area contributed by atoms with Gasteiger partial charge in [-0.1, -0.05) is 49.6 Å². The molecule has 114 valence electrons. The van der Waals surface area contributed by atoms with Gasteiger partial charge in [-0.05, 0) is 37.8 Å². The molecule has 1 saturated carbocycles. The summed E-state index contributed by atoms with van der Waals surface area (Å²) in [7, 11) is 2.15. The lowest BCUT2D eigenvalue weighted by Gasteiger charge is -2.29. The van der Waals surface area contributed by atoms with Crippen LogP contribution in [0.1, 0.15) is 44.1 Å². The quantitative estimate of drug-likeness (QED) is 0.872. The predicted molar refractivity (Wildman–Crippen MR) is 86.6 cm³/mol. The van der Waals surface area contributed by atoms with Gasteiger partial charge >= 0.3 is 0 Å². The summed E-state index contributed by atoms with van der Waals surface area (Å²) in [5.74, 6) is 0.828. The maximum atomic E-state index is 9.48. The SMILES string of the molecule is CN(CCC(N)(C#N)c1ccccc1)CC1CCCCC1. The van der Waals surface area contributed by atoms with E-state index in [1.54, 1.807) is 0 Å². The summed E-state index contributed by atoms with van der Waals surface area (Å²) in [5.41, 5.74) is 6.35.